The third-order valence-electron chi connectivity index (χ3n) is 5.26. The lowest BCUT2D eigenvalue weighted by Gasteiger charge is -2.20. The maximum absolute atomic E-state index is 13.4. The van der Waals surface area contributed by atoms with Crippen LogP contribution in [0, 0.1) is 0 Å². The van der Waals surface area contributed by atoms with E-state index >= 15 is 0 Å². The van der Waals surface area contributed by atoms with Crippen LogP contribution in [0.1, 0.15) is 22.3 Å². The number of aromatic hydroxyl groups is 2. The summed E-state index contributed by atoms with van der Waals surface area (Å²) < 4.78 is 1.77. The molecule has 1 aliphatic carbocycles. The van der Waals surface area contributed by atoms with Crippen LogP contribution in [0.4, 0.5) is 5.69 Å². The molecule has 0 unspecified atom stereocenters. The van der Waals surface area contributed by atoms with Gasteiger partial charge in [-0.1, -0.05) is 0 Å². The summed E-state index contributed by atoms with van der Waals surface area (Å²) in [5.74, 6) is -0.652. The van der Waals surface area contributed by atoms with E-state index in [1.165, 1.54) is 12.1 Å². The number of nitrogens with zero attached hydrogens (tertiary/aromatic N) is 2. The fraction of sp³-hybridized carbons (Fsp3) is 0.333. The van der Waals surface area contributed by atoms with Gasteiger partial charge in [0.2, 0.25) is 0 Å². The lowest BCUT2D eigenvalue weighted by Crippen LogP contribution is -2.23. The topological polar surface area (TPSA) is 146 Å². The van der Waals surface area contributed by atoms with Crippen LogP contribution in [0.3, 0.4) is 0 Å². The highest BCUT2D eigenvalue weighted by Gasteiger charge is 2.35. The second kappa shape index (κ2) is 9.52. The molecule has 0 spiro atoms. The summed E-state index contributed by atoms with van der Waals surface area (Å²) in [6, 6.07) is 6.41. The van der Waals surface area contributed by atoms with Crippen molar-refractivity contribution >= 4 is 34.8 Å². The Morgan fingerprint density at radius 3 is 2.45 bits per heavy atom. The highest BCUT2D eigenvalue weighted by Crippen LogP contribution is 2.47. The summed E-state index contributed by atoms with van der Waals surface area (Å²) in [5.41, 5.74) is 8.20. The number of hydrogen-bond acceptors (Lipinski definition) is 8. The number of anilines is 1. The molecule has 1 heterocycles. The number of aliphatic hydroxyl groups excluding tert-OH is 1. The zero-order valence-electron chi connectivity index (χ0n) is 16.9. The maximum atomic E-state index is 13.4. The standard InChI is InChI=1S/C21H25N5O4.ClH/c22-6-1-7-24-12-2-3-13-17-16(12)21(30)19-15(29)5-4-14(28)18(19)20(17)25-26(13)10-8-23-9-11-27;/h2-5,23-24,27-29H,1,6-11,22H2;1H. The van der Waals surface area contributed by atoms with Gasteiger partial charge in [0.15, 0.2) is 5.78 Å². The Hall–Kier alpha value is -2.85. The van der Waals surface area contributed by atoms with E-state index in [-0.39, 0.29) is 47.4 Å². The van der Waals surface area contributed by atoms with Crippen molar-refractivity contribution in [2.75, 3.05) is 38.1 Å². The molecule has 166 valence electrons. The van der Waals surface area contributed by atoms with Crippen LogP contribution in [-0.2, 0) is 6.54 Å². The molecule has 0 bridgehead atoms. The first-order valence-electron chi connectivity index (χ1n) is 9.97. The molecule has 0 radical (unpaired) electrons. The van der Waals surface area contributed by atoms with Crippen molar-refractivity contribution in [2.24, 2.45) is 5.73 Å². The number of ketones is 1. The van der Waals surface area contributed by atoms with Gasteiger partial charge >= 0.3 is 0 Å². The number of aromatic nitrogens is 2. The van der Waals surface area contributed by atoms with Crippen molar-refractivity contribution in [1.82, 2.24) is 15.1 Å². The third kappa shape index (κ3) is 3.92. The Morgan fingerprint density at radius 2 is 1.74 bits per heavy atom. The SMILES string of the molecule is Cl.NCCCNc1ccc2c3c(nn2CCNCCO)-c2c(O)ccc(O)c2C(=O)c13. The second-order valence-electron chi connectivity index (χ2n) is 7.18. The van der Waals surface area contributed by atoms with Crippen molar-refractivity contribution in [1.29, 1.82) is 0 Å². The smallest absolute Gasteiger partial charge is 0.200 e. The van der Waals surface area contributed by atoms with Gasteiger partial charge in [0, 0.05) is 30.7 Å². The molecule has 10 heteroatoms. The highest BCUT2D eigenvalue weighted by atomic mass is 35.5. The summed E-state index contributed by atoms with van der Waals surface area (Å²) in [6.07, 6.45) is 0.747. The van der Waals surface area contributed by atoms with E-state index in [4.69, 9.17) is 10.8 Å². The van der Waals surface area contributed by atoms with Gasteiger partial charge in [-0.25, -0.2) is 0 Å². The van der Waals surface area contributed by atoms with Gasteiger partial charge in [-0.05, 0) is 37.2 Å². The minimum absolute atomic E-state index is 0. The van der Waals surface area contributed by atoms with Gasteiger partial charge in [0.25, 0.3) is 0 Å². The zero-order valence-corrected chi connectivity index (χ0v) is 17.7. The summed E-state index contributed by atoms with van der Waals surface area (Å²) in [7, 11) is 0. The second-order valence-corrected chi connectivity index (χ2v) is 7.18. The number of aliphatic hydroxyl groups is 1. The predicted molar refractivity (Wildman–Crippen MR) is 121 cm³/mol. The molecular formula is C21H26ClN5O4. The highest BCUT2D eigenvalue weighted by molar-refractivity contribution is 6.29. The van der Waals surface area contributed by atoms with Gasteiger partial charge < -0.3 is 31.7 Å². The molecule has 3 aromatic rings. The summed E-state index contributed by atoms with van der Waals surface area (Å²) in [6.45, 7) is 2.74. The van der Waals surface area contributed by atoms with Crippen LogP contribution < -0.4 is 16.4 Å². The monoisotopic (exact) mass is 447 g/mol. The van der Waals surface area contributed by atoms with Crippen molar-refractivity contribution in [3.8, 4) is 22.8 Å². The first-order valence-corrected chi connectivity index (χ1v) is 9.97. The van der Waals surface area contributed by atoms with Crippen LogP contribution in [0.5, 0.6) is 11.5 Å². The van der Waals surface area contributed by atoms with Crippen molar-refractivity contribution in [2.45, 2.75) is 13.0 Å². The van der Waals surface area contributed by atoms with E-state index < -0.39 is 0 Å². The van der Waals surface area contributed by atoms with E-state index in [0.717, 1.165) is 11.9 Å². The quantitative estimate of drug-likeness (QED) is 0.167. The maximum Gasteiger partial charge on any atom is 0.200 e. The fourth-order valence-electron chi connectivity index (χ4n) is 3.89. The minimum Gasteiger partial charge on any atom is -0.507 e. The fourth-order valence-corrected chi connectivity index (χ4v) is 3.89. The number of nitrogens with two attached hydrogens (primary N) is 1. The molecule has 7 N–H and O–H groups in total. The average molecular weight is 448 g/mol. The van der Waals surface area contributed by atoms with Crippen LogP contribution in [0.25, 0.3) is 22.2 Å². The number of rotatable bonds is 9. The molecule has 0 saturated carbocycles. The molecule has 0 amide bonds. The van der Waals surface area contributed by atoms with E-state index in [1.807, 2.05) is 12.1 Å². The van der Waals surface area contributed by atoms with Crippen LogP contribution in [-0.4, -0.2) is 63.7 Å². The molecule has 4 rings (SSSR count). The summed E-state index contributed by atoms with van der Waals surface area (Å²) in [4.78, 5) is 13.4. The number of hydrogen-bond donors (Lipinski definition) is 6. The normalized spacial score (nSPS) is 12.0. The Balaban J connectivity index is 0.00000272. The Bertz CT molecular complexity index is 1120. The molecular weight excluding hydrogens is 422 g/mol. The van der Waals surface area contributed by atoms with Gasteiger partial charge in [0.05, 0.1) is 35.4 Å². The van der Waals surface area contributed by atoms with Gasteiger partial charge in [-0.2, -0.15) is 5.10 Å². The third-order valence-corrected chi connectivity index (χ3v) is 5.26. The number of carbonyl (C=O) groups excluding carboxylic acids is 1. The molecule has 0 aliphatic heterocycles. The number of carbonyl (C=O) groups is 1. The first-order chi connectivity index (χ1) is 14.6. The number of phenols is 2. The molecule has 1 aromatic heterocycles. The Kier molecular flexibility index (Phi) is 7.01. The van der Waals surface area contributed by atoms with Crippen LogP contribution >= 0.6 is 12.4 Å². The molecule has 0 saturated heterocycles. The number of fused-ring (bicyclic) bond motifs is 2. The van der Waals surface area contributed by atoms with E-state index in [9.17, 15) is 15.0 Å². The zero-order chi connectivity index (χ0) is 21.3. The number of phenolic OH excluding ortho intramolecular Hbond substituents is 2. The van der Waals surface area contributed by atoms with E-state index in [1.54, 1.807) is 4.68 Å². The van der Waals surface area contributed by atoms with Crippen LogP contribution in [0.2, 0.25) is 0 Å². The molecule has 9 nitrogen and oxygen atoms in total. The summed E-state index contributed by atoms with van der Waals surface area (Å²) in [5, 5.41) is 41.5. The van der Waals surface area contributed by atoms with Gasteiger partial charge in [0.1, 0.15) is 17.2 Å². The van der Waals surface area contributed by atoms with Crippen molar-refractivity contribution in [3.05, 3.63) is 35.4 Å². The van der Waals surface area contributed by atoms with Crippen LogP contribution in [0.15, 0.2) is 24.3 Å². The van der Waals surface area contributed by atoms with Gasteiger partial charge in [-0.15, -0.1) is 12.4 Å². The minimum atomic E-state index is -0.357. The Morgan fingerprint density at radius 1 is 1.00 bits per heavy atom. The Labute approximate surface area is 185 Å². The largest absolute Gasteiger partial charge is 0.507 e. The lowest BCUT2D eigenvalue weighted by molar-refractivity contribution is 0.103. The average Bonchev–Trinajstić information content (AvgIpc) is 3.10. The van der Waals surface area contributed by atoms with E-state index in [2.05, 4.69) is 15.7 Å². The molecule has 31 heavy (non-hydrogen) atoms. The number of benzene rings is 2. The predicted octanol–water partition coefficient (Wildman–Crippen LogP) is 1.42. The van der Waals surface area contributed by atoms with Gasteiger partial charge in [-0.3, -0.25) is 9.48 Å². The number of halogens is 1. The molecule has 2 aromatic carbocycles. The van der Waals surface area contributed by atoms with Crippen molar-refractivity contribution < 1.29 is 20.1 Å². The lowest BCUT2D eigenvalue weighted by atomic mass is 9.85. The summed E-state index contributed by atoms with van der Waals surface area (Å²) >= 11 is 0. The van der Waals surface area contributed by atoms with Crippen molar-refractivity contribution in [3.63, 3.8) is 0 Å². The number of nitrogens with one attached hydrogen (secondary N) is 2. The van der Waals surface area contributed by atoms with E-state index in [0.29, 0.717) is 55.1 Å². The molecule has 1 aliphatic rings. The first kappa shape index (κ1) is 22.8. The molecule has 0 atom stereocenters. The molecule has 0 fully saturated rings.